The zero-order valence-corrected chi connectivity index (χ0v) is 14.4. The number of fused-ring (bicyclic) bond motifs is 3. The van der Waals surface area contributed by atoms with E-state index in [1.54, 1.807) is 7.11 Å². The molecule has 24 heavy (non-hydrogen) atoms. The second kappa shape index (κ2) is 6.80. The van der Waals surface area contributed by atoms with Crippen LogP contribution in [0.2, 0.25) is 0 Å². The Kier molecular flexibility index (Phi) is 4.54. The number of amides is 1. The number of methoxy groups -OCH3 is 1. The molecule has 4 saturated heterocycles. The molecule has 7 heteroatoms. The summed E-state index contributed by atoms with van der Waals surface area (Å²) in [5, 5.41) is 8.35. The van der Waals surface area contributed by atoms with Crippen molar-refractivity contribution in [2.24, 2.45) is 11.8 Å². The first-order valence-corrected chi connectivity index (χ1v) is 9.15. The van der Waals surface area contributed by atoms with Crippen molar-refractivity contribution in [3.63, 3.8) is 0 Å². The third-order valence-electron chi connectivity index (χ3n) is 5.89. The van der Waals surface area contributed by atoms with Crippen LogP contribution >= 0.6 is 0 Å². The number of carbonyl (C=O) groups is 1. The predicted octanol–water partition coefficient (Wildman–Crippen LogP) is 0.757. The molecular formula is C17H27N5O2. The van der Waals surface area contributed by atoms with Crippen LogP contribution in [0.1, 0.15) is 31.4 Å². The van der Waals surface area contributed by atoms with Crippen molar-refractivity contribution in [1.82, 2.24) is 24.8 Å². The summed E-state index contributed by atoms with van der Waals surface area (Å²) in [6.45, 7) is 5.32. The van der Waals surface area contributed by atoms with E-state index >= 15 is 0 Å². The highest BCUT2D eigenvalue weighted by Crippen LogP contribution is 2.38. The number of rotatable bonds is 5. The molecule has 5 heterocycles. The van der Waals surface area contributed by atoms with E-state index in [9.17, 15) is 4.79 Å². The fourth-order valence-electron chi connectivity index (χ4n) is 4.64. The molecule has 7 nitrogen and oxygen atoms in total. The monoisotopic (exact) mass is 333 g/mol. The molecule has 0 aromatic carbocycles. The molecule has 0 N–H and O–H groups in total. The fourth-order valence-corrected chi connectivity index (χ4v) is 4.64. The van der Waals surface area contributed by atoms with Gasteiger partial charge in [0.25, 0.3) is 0 Å². The number of piperidine rings is 3. The maximum Gasteiger partial charge on any atom is 0.227 e. The van der Waals surface area contributed by atoms with Gasteiger partial charge in [-0.1, -0.05) is 5.21 Å². The third kappa shape index (κ3) is 3.07. The van der Waals surface area contributed by atoms with E-state index in [-0.39, 0.29) is 5.92 Å². The van der Waals surface area contributed by atoms with E-state index in [4.69, 9.17) is 4.74 Å². The van der Waals surface area contributed by atoms with Gasteiger partial charge in [-0.15, -0.1) is 5.10 Å². The topological polar surface area (TPSA) is 63.5 Å². The molecule has 4 aliphatic heterocycles. The number of ether oxygens (including phenoxy) is 1. The fraction of sp³-hybridized carbons (Fsp3) is 0.824. The molecule has 0 spiro atoms. The summed E-state index contributed by atoms with van der Waals surface area (Å²) in [6.07, 6.45) is 6.58. The van der Waals surface area contributed by atoms with Crippen molar-refractivity contribution < 1.29 is 9.53 Å². The number of likely N-dealkylation sites (tertiary alicyclic amines) is 1. The Hall–Kier alpha value is -1.47. The van der Waals surface area contributed by atoms with Crippen molar-refractivity contribution in [1.29, 1.82) is 0 Å². The van der Waals surface area contributed by atoms with Crippen molar-refractivity contribution in [2.75, 3.05) is 33.3 Å². The van der Waals surface area contributed by atoms with Crippen molar-refractivity contribution in [3.05, 3.63) is 11.9 Å². The molecule has 132 valence electrons. The van der Waals surface area contributed by atoms with Gasteiger partial charge in [0.2, 0.25) is 5.91 Å². The molecule has 4 aliphatic rings. The summed E-state index contributed by atoms with van der Waals surface area (Å²) in [7, 11) is 1.67. The average Bonchev–Trinajstić information content (AvgIpc) is 3.27. The number of carbonyl (C=O) groups excluding carboxylic acids is 1. The SMILES string of the molecule is COCc1cn(C[C@H]2CC3CCN2C[C@@H]3C(=O)N2CCCC2)nn1. The van der Waals surface area contributed by atoms with Crippen LogP contribution in [0.15, 0.2) is 6.20 Å². The van der Waals surface area contributed by atoms with Gasteiger partial charge in [-0.2, -0.15) is 0 Å². The highest BCUT2D eigenvalue weighted by molar-refractivity contribution is 5.80. The molecular weight excluding hydrogens is 306 g/mol. The van der Waals surface area contributed by atoms with Gasteiger partial charge in [0.15, 0.2) is 0 Å². The molecule has 0 radical (unpaired) electrons. The molecule has 4 fully saturated rings. The van der Waals surface area contributed by atoms with Crippen molar-refractivity contribution in [3.8, 4) is 0 Å². The summed E-state index contributed by atoms with van der Waals surface area (Å²) < 4.78 is 7.03. The quantitative estimate of drug-likeness (QED) is 0.796. The highest BCUT2D eigenvalue weighted by atomic mass is 16.5. The lowest BCUT2D eigenvalue weighted by Gasteiger charge is -2.49. The van der Waals surface area contributed by atoms with E-state index in [0.29, 0.717) is 24.5 Å². The minimum atomic E-state index is 0.216. The summed E-state index contributed by atoms with van der Waals surface area (Å²) in [5.74, 6) is 1.16. The van der Waals surface area contributed by atoms with E-state index < -0.39 is 0 Å². The Morgan fingerprint density at radius 2 is 2.17 bits per heavy atom. The van der Waals surface area contributed by atoms with Gasteiger partial charge < -0.3 is 9.64 Å². The number of aromatic nitrogens is 3. The minimum absolute atomic E-state index is 0.216. The third-order valence-corrected chi connectivity index (χ3v) is 5.89. The summed E-state index contributed by atoms with van der Waals surface area (Å²) in [5.41, 5.74) is 0.871. The van der Waals surface area contributed by atoms with Crippen molar-refractivity contribution >= 4 is 5.91 Å². The number of nitrogens with zero attached hydrogens (tertiary/aromatic N) is 5. The normalized spacial score (nSPS) is 32.5. The van der Waals surface area contributed by atoms with Crippen LogP contribution in [0.3, 0.4) is 0 Å². The lowest BCUT2D eigenvalue weighted by atomic mass is 9.75. The standard InChI is InChI=1S/C17H27N5O2/c1-24-12-14-9-22(19-18-14)10-15-8-13-4-7-21(15)11-16(13)17(23)20-5-2-3-6-20/h9,13,15-16H,2-8,10-12H2,1H3/t13?,15-,16+/m1/s1. The Morgan fingerprint density at radius 3 is 2.88 bits per heavy atom. The first-order chi connectivity index (χ1) is 11.7. The summed E-state index contributed by atoms with van der Waals surface area (Å²) in [4.78, 5) is 17.4. The molecule has 2 bridgehead atoms. The molecule has 5 rings (SSSR count). The van der Waals surface area contributed by atoms with Gasteiger partial charge in [-0.05, 0) is 38.1 Å². The number of hydrogen-bond donors (Lipinski definition) is 0. The van der Waals surface area contributed by atoms with E-state index in [1.165, 1.54) is 12.8 Å². The maximum atomic E-state index is 12.8. The summed E-state index contributed by atoms with van der Waals surface area (Å²) in [6, 6.07) is 0.475. The maximum absolute atomic E-state index is 12.8. The van der Waals surface area contributed by atoms with Crippen LogP contribution in [0, 0.1) is 11.8 Å². The zero-order valence-electron chi connectivity index (χ0n) is 14.4. The van der Waals surface area contributed by atoms with E-state index in [0.717, 1.165) is 51.3 Å². The second-order valence-electron chi connectivity index (χ2n) is 7.44. The smallest absolute Gasteiger partial charge is 0.227 e. The van der Waals surface area contributed by atoms with Crippen molar-refractivity contribution in [2.45, 2.75) is 44.9 Å². The Bertz CT molecular complexity index is 583. The average molecular weight is 333 g/mol. The van der Waals surface area contributed by atoms with Crippen LogP contribution in [0.4, 0.5) is 0 Å². The Morgan fingerprint density at radius 1 is 1.33 bits per heavy atom. The molecule has 1 aromatic rings. The van der Waals surface area contributed by atoms with Crippen LogP contribution in [-0.4, -0.2) is 70.0 Å². The Labute approximate surface area is 142 Å². The first-order valence-electron chi connectivity index (χ1n) is 9.15. The molecule has 0 saturated carbocycles. The first kappa shape index (κ1) is 16.0. The lowest BCUT2D eigenvalue weighted by molar-refractivity contribution is -0.142. The van der Waals surface area contributed by atoms with Gasteiger partial charge >= 0.3 is 0 Å². The molecule has 2 unspecified atom stereocenters. The van der Waals surface area contributed by atoms with E-state index in [1.807, 2.05) is 10.9 Å². The second-order valence-corrected chi connectivity index (χ2v) is 7.44. The van der Waals surface area contributed by atoms with Crippen LogP contribution in [0.25, 0.3) is 0 Å². The Balaban J connectivity index is 1.38. The molecule has 1 amide bonds. The van der Waals surface area contributed by atoms with Gasteiger partial charge in [-0.25, -0.2) is 0 Å². The molecule has 0 aliphatic carbocycles. The van der Waals surface area contributed by atoms with Gasteiger partial charge in [-0.3, -0.25) is 14.4 Å². The molecule has 1 aromatic heterocycles. The largest absolute Gasteiger partial charge is 0.378 e. The van der Waals surface area contributed by atoms with Crippen LogP contribution in [0.5, 0.6) is 0 Å². The highest BCUT2D eigenvalue weighted by Gasteiger charge is 2.44. The van der Waals surface area contributed by atoms with Crippen LogP contribution in [-0.2, 0) is 22.7 Å². The van der Waals surface area contributed by atoms with Gasteiger partial charge in [0.05, 0.1) is 25.3 Å². The van der Waals surface area contributed by atoms with E-state index in [2.05, 4.69) is 20.1 Å². The predicted molar refractivity (Wildman–Crippen MR) is 88.1 cm³/mol. The minimum Gasteiger partial charge on any atom is -0.378 e. The van der Waals surface area contributed by atoms with Crippen LogP contribution < -0.4 is 0 Å². The summed E-state index contributed by atoms with van der Waals surface area (Å²) >= 11 is 0. The molecule has 4 atom stereocenters. The van der Waals surface area contributed by atoms with Gasteiger partial charge in [0.1, 0.15) is 5.69 Å². The zero-order chi connectivity index (χ0) is 16.5. The van der Waals surface area contributed by atoms with Gasteiger partial charge in [0, 0.05) is 32.8 Å². The number of hydrogen-bond acceptors (Lipinski definition) is 5. The lowest BCUT2D eigenvalue weighted by Crippen LogP contribution is -2.58.